The number of hydrogen-bond acceptors (Lipinski definition) is 0. The predicted molar refractivity (Wildman–Crippen MR) is 67.3 cm³/mol. The molecule has 1 atom stereocenters. The Balaban J connectivity index is 3.25. The van der Waals surface area contributed by atoms with Crippen molar-refractivity contribution in [3.63, 3.8) is 0 Å². The molecule has 0 spiro atoms. The number of hydrogen-bond donors (Lipinski definition) is 0. The van der Waals surface area contributed by atoms with E-state index in [0.717, 1.165) is 15.0 Å². The van der Waals surface area contributed by atoms with E-state index in [1.807, 2.05) is 0 Å². The van der Waals surface area contributed by atoms with Gasteiger partial charge in [0.05, 0.1) is 0 Å². The molecular weight excluding hydrogens is 335 g/mol. The second kappa shape index (κ2) is 4.27. The van der Waals surface area contributed by atoms with Gasteiger partial charge in [0.15, 0.2) is 0 Å². The van der Waals surface area contributed by atoms with Crippen molar-refractivity contribution in [2.45, 2.75) is 32.9 Å². The van der Waals surface area contributed by atoms with Gasteiger partial charge in [0.2, 0.25) is 0 Å². The van der Waals surface area contributed by atoms with E-state index in [4.69, 9.17) is 25.5 Å². The summed E-state index contributed by atoms with van der Waals surface area (Å²) in [6.07, 6.45) is 1.07. The molecule has 0 saturated carbocycles. The molecule has 80 valence electrons. The molecule has 7 heteroatoms. The van der Waals surface area contributed by atoms with Crippen molar-refractivity contribution in [1.29, 1.82) is 0 Å². The first-order valence-electron chi connectivity index (χ1n) is 4.75. The minimum atomic E-state index is -3.50. The molecule has 1 aliphatic heterocycles. The van der Waals surface area contributed by atoms with Crippen LogP contribution in [0.25, 0.3) is 0 Å². The van der Waals surface area contributed by atoms with Crippen LogP contribution in [0.15, 0.2) is 0 Å². The summed E-state index contributed by atoms with van der Waals surface area (Å²) in [5.41, 5.74) is 1.31. The fourth-order valence-corrected chi connectivity index (χ4v) is 30.2. The molecule has 0 bridgehead atoms. The standard InChI is InChI=1S/C7H16BNSi.3ClH.Zr/c1-7-8-5-6-9(7)10(2,3)4;;;;/h5-6H2,1-4H3;3*1H;/q;;;;+4/p-3. The fourth-order valence-electron chi connectivity index (χ4n) is 2.37. The summed E-state index contributed by atoms with van der Waals surface area (Å²) in [4.78, 5) is 0. The molecule has 1 heterocycles. The first-order valence-corrected chi connectivity index (χ1v) is 18.8. The molecule has 1 rings (SSSR count). The molecule has 0 aromatic carbocycles. The van der Waals surface area contributed by atoms with Crippen molar-refractivity contribution >= 4 is 46.3 Å². The van der Waals surface area contributed by atoms with Crippen LogP contribution < -0.4 is 0 Å². The van der Waals surface area contributed by atoms with Crippen molar-refractivity contribution in [3.8, 4) is 0 Å². The van der Waals surface area contributed by atoms with Gasteiger partial charge in [-0.25, -0.2) is 0 Å². The van der Waals surface area contributed by atoms with E-state index in [0.29, 0.717) is 0 Å². The summed E-state index contributed by atoms with van der Waals surface area (Å²) in [5.74, 6) is 0. The van der Waals surface area contributed by atoms with Crippen molar-refractivity contribution in [2.75, 3.05) is 6.54 Å². The predicted octanol–water partition coefficient (Wildman–Crippen LogP) is 3.45. The molecule has 1 aliphatic rings. The Bertz CT molecular complexity index is 257. The van der Waals surface area contributed by atoms with E-state index < -0.39 is 25.2 Å². The Morgan fingerprint density at radius 2 is 1.79 bits per heavy atom. The van der Waals surface area contributed by atoms with Gasteiger partial charge in [0, 0.05) is 0 Å². The van der Waals surface area contributed by atoms with Crippen LogP contribution in [0.5, 0.6) is 0 Å². The first-order chi connectivity index (χ1) is 6.13. The topological polar surface area (TPSA) is 0 Å². The summed E-state index contributed by atoms with van der Waals surface area (Å²) < 4.78 is 0.784. The van der Waals surface area contributed by atoms with Gasteiger partial charge in [0.1, 0.15) is 0 Å². The Labute approximate surface area is 104 Å². The van der Waals surface area contributed by atoms with Crippen LogP contribution in [0.2, 0.25) is 26.0 Å². The first kappa shape index (κ1) is 13.9. The molecular formula is C7H16BCl3NSiZr+. The zero-order valence-corrected chi connectivity index (χ0v) is 14.8. The maximum absolute atomic E-state index is 6.38. The molecule has 1 unspecified atom stereocenters. The summed E-state index contributed by atoms with van der Waals surface area (Å²) in [6.45, 7) is 12.3. The normalized spacial score (nSPS) is 28.6. The van der Waals surface area contributed by atoms with Crippen LogP contribution in [-0.2, 0) is 17.0 Å². The number of halogens is 3. The number of nitrogens with zero attached hydrogens (tertiary/aromatic N) is 1. The molecule has 0 amide bonds. The third kappa shape index (κ3) is 2.12. The van der Waals surface area contributed by atoms with E-state index in [1.54, 1.807) is 0 Å². The van der Waals surface area contributed by atoms with Gasteiger partial charge in [0.25, 0.3) is 0 Å². The van der Waals surface area contributed by atoms with Crippen molar-refractivity contribution < 1.29 is 19.1 Å². The van der Waals surface area contributed by atoms with Gasteiger partial charge in [-0.05, 0) is 0 Å². The number of quaternary nitrogens is 1. The Morgan fingerprint density at radius 3 is 1.93 bits per heavy atom. The van der Waals surface area contributed by atoms with E-state index >= 15 is 0 Å². The third-order valence-electron chi connectivity index (χ3n) is 3.08. The Morgan fingerprint density at radius 1 is 1.29 bits per heavy atom. The van der Waals surface area contributed by atoms with E-state index in [9.17, 15) is 0 Å². The van der Waals surface area contributed by atoms with E-state index in [1.165, 1.54) is 5.59 Å². The van der Waals surface area contributed by atoms with Crippen LogP contribution in [0.4, 0.5) is 0 Å². The quantitative estimate of drug-likeness (QED) is 0.669. The Kier molecular flexibility index (Phi) is 4.25. The fraction of sp³-hybridized carbons (Fsp3) is 0.857. The summed E-state index contributed by atoms with van der Waals surface area (Å²) in [6, 6.07) is 0. The van der Waals surface area contributed by atoms with Gasteiger partial charge in [-0.1, -0.05) is 0 Å². The van der Waals surface area contributed by atoms with Gasteiger partial charge in [-0.15, -0.1) is 0 Å². The average molecular weight is 351 g/mol. The van der Waals surface area contributed by atoms with Gasteiger partial charge >= 0.3 is 105 Å². The van der Waals surface area contributed by atoms with Gasteiger partial charge < -0.3 is 0 Å². The molecule has 0 radical (unpaired) electrons. The summed E-state index contributed by atoms with van der Waals surface area (Å²) in [5, 5.41) is 0. The summed E-state index contributed by atoms with van der Waals surface area (Å²) >= 11 is -3.50. The average Bonchev–Trinajstić information content (AvgIpc) is 2.27. The minimum absolute atomic E-state index is 0.784. The SMILES string of the molecule is CC1=BCC[N+]1([Si](C)(C)C)[Zr]([Cl])([Cl])[Cl]. The zero-order chi connectivity index (χ0) is 11.2. The van der Waals surface area contributed by atoms with E-state index in [2.05, 4.69) is 33.5 Å². The van der Waals surface area contributed by atoms with Crippen molar-refractivity contribution in [2.24, 2.45) is 0 Å². The molecule has 1 nitrogen and oxygen atoms in total. The molecule has 0 N–H and O–H groups in total. The van der Waals surface area contributed by atoms with Crippen molar-refractivity contribution in [1.82, 2.24) is 0 Å². The maximum atomic E-state index is 6.38. The summed E-state index contributed by atoms with van der Waals surface area (Å²) in [7, 11) is 17.6. The second-order valence-electron chi connectivity index (χ2n) is 4.81. The Hall–Kier alpha value is 1.86. The van der Waals surface area contributed by atoms with Crippen LogP contribution in [-0.4, -0.2) is 29.4 Å². The van der Waals surface area contributed by atoms with Gasteiger partial charge in [-0.3, -0.25) is 0 Å². The van der Waals surface area contributed by atoms with E-state index in [-0.39, 0.29) is 0 Å². The van der Waals surface area contributed by atoms with Crippen LogP contribution in [0.1, 0.15) is 6.92 Å². The molecule has 0 saturated heterocycles. The molecule has 0 aromatic rings. The number of rotatable bonds is 2. The third-order valence-corrected chi connectivity index (χ3v) is 24.1. The molecule has 0 fully saturated rings. The molecule has 0 aliphatic carbocycles. The van der Waals surface area contributed by atoms with Crippen molar-refractivity contribution in [3.05, 3.63) is 0 Å². The van der Waals surface area contributed by atoms with Crippen LogP contribution in [0.3, 0.4) is 0 Å². The van der Waals surface area contributed by atoms with Gasteiger partial charge in [-0.2, -0.15) is 0 Å². The second-order valence-corrected chi connectivity index (χ2v) is 28.3. The van der Waals surface area contributed by atoms with Crippen LogP contribution in [0, 0.1) is 0 Å². The zero-order valence-electron chi connectivity index (χ0n) is 9.07. The monoisotopic (exact) mass is 348 g/mol. The molecule has 0 aromatic heterocycles. The molecule has 14 heavy (non-hydrogen) atoms. The van der Waals surface area contributed by atoms with Crippen LogP contribution >= 0.6 is 25.5 Å².